The van der Waals surface area contributed by atoms with E-state index in [-0.39, 0.29) is 5.57 Å². The summed E-state index contributed by atoms with van der Waals surface area (Å²) in [4.78, 5) is 10.5. The summed E-state index contributed by atoms with van der Waals surface area (Å²) in [5, 5.41) is 9.11. The molecule has 1 rings (SSSR count). The highest BCUT2D eigenvalue weighted by Gasteiger charge is 2.08. The summed E-state index contributed by atoms with van der Waals surface area (Å²) in [6.07, 6.45) is 0. The van der Waals surface area contributed by atoms with Crippen LogP contribution in [0.4, 0.5) is 0 Å². The number of hydrogen-bond acceptors (Lipinski definition) is 1. The molecule has 0 aliphatic carbocycles. The molecule has 1 N–H and O–H groups in total. The number of halogens is 2. The Bertz CT molecular complexity index is 374. The fraction of sp³-hybridized carbons (Fsp3) is 0. The van der Waals surface area contributed by atoms with Gasteiger partial charge in [-0.25, -0.2) is 4.79 Å². The number of carboxylic acids is 1. The van der Waals surface area contributed by atoms with Crippen LogP contribution in [0.3, 0.4) is 0 Å². The fourth-order valence-corrected chi connectivity index (χ4v) is 1.23. The van der Waals surface area contributed by atoms with E-state index in [1.807, 2.05) is 0 Å². The van der Waals surface area contributed by atoms with E-state index in [1.54, 1.807) is 18.2 Å². The van der Waals surface area contributed by atoms with Crippen LogP contribution in [0, 0.1) is 0 Å². The van der Waals surface area contributed by atoms with Crippen molar-refractivity contribution in [3.63, 3.8) is 0 Å². The zero-order valence-electron chi connectivity index (χ0n) is 6.55. The smallest absolute Gasteiger partial charge is 0.335 e. The Balaban J connectivity index is 3.11. The van der Waals surface area contributed by atoms with Crippen molar-refractivity contribution in [1.82, 2.24) is 0 Å². The lowest BCUT2D eigenvalue weighted by Gasteiger charge is -2.01. The van der Waals surface area contributed by atoms with Gasteiger partial charge in [0.2, 0.25) is 0 Å². The summed E-state index contributed by atoms with van der Waals surface area (Å²) in [6.45, 7) is 3.42. The van der Waals surface area contributed by atoms with Gasteiger partial charge in [0, 0.05) is 4.47 Å². The van der Waals surface area contributed by atoms with Gasteiger partial charge in [-0.05, 0) is 33.6 Å². The molecule has 0 saturated carbocycles. The molecule has 0 spiro atoms. The van der Waals surface area contributed by atoms with Crippen LogP contribution in [0.15, 0.2) is 29.3 Å². The summed E-state index contributed by atoms with van der Waals surface area (Å²) < 4.78 is 0.733. The highest BCUT2D eigenvalue weighted by Crippen LogP contribution is 2.25. The van der Waals surface area contributed by atoms with E-state index in [0.29, 0.717) is 10.6 Å². The molecular weight excluding hydrogens is 255 g/mol. The Labute approximate surface area is 89.0 Å². The Morgan fingerprint density at radius 1 is 1.54 bits per heavy atom. The summed E-state index contributed by atoms with van der Waals surface area (Å²) in [7, 11) is 0. The molecule has 13 heavy (non-hydrogen) atoms. The minimum Gasteiger partial charge on any atom is -0.478 e. The van der Waals surface area contributed by atoms with Crippen molar-refractivity contribution < 1.29 is 9.90 Å². The van der Waals surface area contributed by atoms with Crippen LogP contribution in [0.1, 0.15) is 5.56 Å². The maximum absolute atomic E-state index is 10.5. The molecule has 0 fully saturated rings. The zero-order valence-corrected chi connectivity index (χ0v) is 8.89. The first-order chi connectivity index (χ1) is 6.02. The highest BCUT2D eigenvalue weighted by atomic mass is 79.9. The van der Waals surface area contributed by atoms with Gasteiger partial charge in [0.05, 0.1) is 10.6 Å². The molecular formula is C9H6BrClO2. The zero-order chi connectivity index (χ0) is 10.0. The van der Waals surface area contributed by atoms with Gasteiger partial charge in [-0.15, -0.1) is 0 Å². The lowest BCUT2D eigenvalue weighted by molar-refractivity contribution is -0.130. The SMILES string of the molecule is C=C(C(=O)O)c1ccc(Br)c(Cl)c1. The Kier molecular flexibility index (Phi) is 3.12. The fourth-order valence-electron chi connectivity index (χ4n) is 0.807. The second kappa shape index (κ2) is 3.94. The molecule has 0 aliphatic heterocycles. The van der Waals surface area contributed by atoms with Crippen molar-refractivity contribution in [2.75, 3.05) is 0 Å². The third-order valence-electron chi connectivity index (χ3n) is 1.53. The van der Waals surface area contributed by atoms with Crippen LogP contribution < -0.4 is 0 Å². The van der Waals surface area contributed by atoms with Crippen LogP contribution in [-0.2, 0) is 4.79 Å². The van der Waals surface area contributed by atoms with Gasteiger partial charge in [0.25, 0.3) is 0 Å². The van der Waals surface area contributed by atoms with E-state index in [0.717, 1.165) is 4.47 Å². The van der Waals surface area contributed by atoms with Gasteiger partial charge in [-0.2, -0.15) is 0 Å². The molecule has 0 aliphatic rings. The predicted molar refractivity (Wildman–Crippen MR) is 55.8 cm³/mol. The van der Waals surface area contributed by atoms with Crippen molar-refractivity contribution in [1.29, 1.82) is 0 Å². The van der Waals surface area contributed by atoms with Crippen LogP contribution in [0.25, 0.3) is 5.57 Å². The first-order valence-corrected chi connectivity index (χ1v) is 4.57. The average molecular weight is 262 g/mol. The third-order valence-corrected chi connectivity index (χ3v) is 2.76. The second-order valence-corrected chi connectivity index (χ2v) is 3.67. The molecule has 0 atom stereocenters. The van der Waals surface area contributed by atoms with Crippen molar-refractivity contribution in [3.8, 4) is 0 Å². The maximum atomic E-state index is 10.5. The summed E-state index contributed by atoms with van der Waals surface area (Å²) in [5.74, 6) is -1.04. The van der Waals surface area contributed by atoms with Crippen LogP contribution in [0.5, 0.6) is 0 Å². The largest absolute Gasteiger partial charge is 0.478 e. The van der Waals surface area contributed by atoms with Crippen molar-refractivity contribution >= 4 is 39.1 Å². The highest BCUT2D eigenvalue weighted by molar-refractivity contribution is 9.10. The molecule has 0 unspecified atom stereocenters. The number of carbonyl (C=O) groups is 1. The van der Waals surface area contributed by atoms with Crippen molar-refractivity contribution in [3.05, 3.63) is 39.8 Å². The molecule has 0 saturated heterocycles. The van der Waals surface area contributed by atoms with E-state index in [9.17, 15) is 4.79 Å². The minimum absolute atomic E-state index is 0.0365. The van der Waals surface area contributed by atoms with Crippen LogP contribution in [-0.4, -0.2) is 11.1 Å². The lowest BCUT2D eigenvalue weighted by atomic mass is 10.1. The summed E-state index contributed by atoms with van der Waals surface area (Å²) in [5.41, 5.74) is 0.551. The predicted octanol–water partition coefficient (Wildman–Crippen LogP) is 3.20. The monoisotopic (exact) mass is 260 g/mol. The van der Waals surface area contributed by atoms with E-state index >= 15 is 0 Å². The average Bonchev–Trinajstić information content (AvgIpc) is 2.08. The van der Waals surface area contributed by atoms with Gasteiger partial charge in [-0.3, -0.25) is 0 Å². The number of benzene rings is 1. The Morgan fingerprint density at radius 3 is 2.62 bits per heavy atom. The molecule has 2 nitrogen and oxygen atoms in total. The standard InChI is InChI=1S/C9H6BrClO2/c1-5(9(12)13)6-2-3-7(10)8(11)4-6/h2-4H,1H2,(H,12,13). The topological polar surface area (TPSA) is 37.3 Å². The normalized spacial score (nSPS) is 9.69. The summed E-state index contributed by atoms with van der Waals surface area (Å²) >= 11 is 8.99. The molecule has 0 heterocycles. The van der Waals surface area contributed by atoms with E-state index < -0.39 is 5.97 Å². The lowest BCUT2D eigenvalue weighted by Crippen LogP contribution is -1.97. The molecule has 4 heteroatoms. The van der Waals surface area contributed by atoms with Gasteiger partial charge in [0.15, 0.2) is 0 Å². The number of rotatable bonds is 2. The first-order valence-electron chi connectivity index (χ1n) is 3.40. The van der Waals surface area contributed by atoms with Gasteiger partial charge in [0.1, 0.15) is 0 Å². The quantitative estimate of drug-likeness (QED) is 0.830. The van der Waals surface area contributed by atoms with Gasteiger partial charge < -0.3 is 5.11 Å². The summed E-state index contributed by atoms with van der Waals surface area (Å²) in [6, 6.07) is 4.89. The molecule has 0 bridgehead atoms. The Hall–Kier alpha value is -0.800. The third kappa shape index (κ3) is 2.32. The number of carboxylic acid groups (broad SMARTS) is 1. The second-order valence-electron chi connectivity index (χ2n) is 2.41. The molecule has 0 aromatic heterocycles. The molecule has 0 radical (unpaired) electrons. The van der Waals surface area contributed by atoms with Crippen LogP contribution in [0.2, 0.25) is 5.02 Å². The first kappa shape index (κ1) is 10.3. The Morgan fingerprint density at radius 2 is 2.15 bits per heavy atom. The molecule has 1 aromatic rings. The minimum atomic E-state index is -1.04. The molecule has 0 amide bonds. The van der Waals surface area contributed by atoms with Crippen molar-refractivity contribution in [2.45, 2.75) is 0 Å². The van der Waals surface area contributed by atoms with Crippen molar-refractivity contribution in [2.24, 2.45) is 0 Å². The van der Waals surface area contributed by atoms with E-state index in [4.69, 9.17) is 16.7 Å². The van der Waals surface area contributed by atoms with Gasteiger partial charge >= 0.3 is 5.97 Å². The van der Waals surface area contributed by atoms with E-state index in [1.165, 1.54) is 0 Å². The van der Waals surface area contributed by atoms with Gasteiger partial charge in [-0.1, -0.05) is 24.2 Å². The number of hydrogen-bond donors (Lipinski definition) is 1. The molecule has 1 aromatic carbocycles. The molecule has 68 valence electrons. The maximum Gasteiger partial charge on any atom is 0.335 e. The van der Waals surface area contributed by atoms with E-state index in [2.05, 4.69) is 22.5 Å². The number of aliphatic carboxylic acids is 1. The van der Waals surface area contributed by atoms with Crippen LogP contribution >= 0.6 is 27.5 Å².